The molecule has 0 bridgehead atoms. The van der Waals surface area contributed by atoms with Gasteiger partial charge in [0.1, 0.15) is 5.69 Å². The number of hydrogen-bond acceptors (Lipinski definition) is 5. The lowest BCUT2D eigenvalue weighted by Crippen LogP contribution is -2.48. The number of rotatable bonds is 3. The Morgan fingerprint density at radius 1 is 1.50 bits per heavy atom. The Hall–Kier alpha value is -2.45. The Morgan fingerprint density at radius 3 is 3.00 bits per heavy atom. The van der Waals surface area contributed by atoms with Crippen molar-refractivity contribution in [3.05, 3.63) is 56.4 Å². The van der Waals surface area contributed by atoms with Crippen molar-refractivity contribution in [1.82, 2.24) is 20.4 Å². The van der Waals surface area contributed by atoms with Gasteiger partial charge in [0.05, 0.1) is 11.0 Å². The molecule has 126 valence electrons. The highest BCUT2D eigenvalue weighted by molar-refractivity contribution is 6.30. The van der Waals surface area contributed by atoms with Crippen LogP contribution in [0.5, 0.6) is 0 Å². The minimum atomic E-state index is -0.581. The first-order valence-electron chi connectivity index (χ1n) is 7.45. The number of nitro groups is 1. The van der Waals surface area contributed by atoms with Crippen molar-refractivity contribution >= 4 is 23.2 Å². The second-order valence-corrected chi connectivity index (χ2v) is 6.01. The van der Waals surface area contributed by atoms with Crippen molar-refractivity contribution in [3.63, 3.8) is 0 Å². The van der Waals surface area contributed by atoms with E-state index in [0.717, 1.165) is 5.56 Å². The zero-order valence-electron chi connectivity index (χ0n) is 13.0. The zero-order valence-corrected chi connectivity index (χ0v) is 13.7. The van der Waals surface area contributed by atoms with Crippen LogP contribution in [-0.2, 0) is 0 Å². The standard InChI is InChI=1S/C15H16ClN5O3/c1-9-14(21(23)24)13(19-18-9)15(22)20-6-5-17-8-12(20)10-3-2-4-11(16)7-10/h2-4,7,12,17H,5-6,8H2,1H3,(H,18,19). The van der Waals surface area contributed by atoms with Crippen LogP contribution in [0.15, 0.2) is 24.3 Å². The van der Waals surface area contributed by atoms with E-state index in [4.69, 9.17) is 11.6 Å². The van der Waals surface area contributed by atoms with Crippen molar-refractivity contribution in [3.8, 4) is 0 Å². The number of nitrogens with zero attached hydrogens (tertiary/aromatic N) is 3. The van der Waals surface area contributed by atoms with E-state index < -0.39 is 10.8 Å². The predicted molar refractivity (Wildman–Crippen MR) is 88.1 cm³/mol. The van der Waals surface area contributed by atoms with Crippen molar-refractivity contribution in [2.24, 2.45) is 0 Å². The number of aromatic amines is 1. The number of aromatic nitrogens is 2. The van der Waals surface area contributed by atoms with E-state index in [-0.39, 0.29) is 23.1 Å². The summed E-state index contributed by atoms with van der Waals surface area (Å²) in [6.45, 7) is 3.11. The summed E-state index contributed by atoms with van der Waals surface area (Å²) in [5.41, 5.74) is 0.700. The molecule has 1 unspecified atom stereocenters. The normalized spacial score (nSPS) is 17.8. The third kappa shape index (κ3) is 2.98. The van der Waals surface area contributed by atoms with Crippen molar-refractivity contribution in [2.45, 2.75) is 13.0 Å². The maximum atomic E-state index is 12.9. The van der Waals surface area contributed by atoms with Crippen LogP contribution in [0.4, 0.5) is 5.69 Å². The first-order valence-corrected chi connectivity index (χ1v) is 7.83. The Labute approximate surface area is 142 Å². The van der Waals surface area contributed by atoms with Gasteiger partial charge in [-0.15, -0.1) is 0 Å². The van der Waals surface area contributed by atoms with E-state index in [1.54, 1.807) is 17.0 Å². The molecule has 0 aliphatic carbocycles. The van der Waals surface area contributed by atoms with Crippen molar-refractivity contribution < 1.29 is 9.72 Å². The summed E-state index contributed by atoms with van der Waals surface area (Å²) in [6.07, 6.45) is 0. The van der Waals surface area contributed by atoms with Crippen molar-refractivity contribution in [1.29, 1.82) is 0 Å². The van der Waals surface area contributed by atoms with Gasteiger partial charge in [-0.05, 0) is 24.6 Å². The highest BCUT2D eigenvalue weighted by atomic mass is 35.5. The van der Waals surface area contributed by atoms with Crippen LogP contribution in [0.1, 0.15) is 27.8 Å². The largest absolute Gasteiger partial charge is 0.327 e. The number of carbonyl (C=O) groups is 1. The number of piperazine rings is 1. The number of H-pyrrole nitrogens is 1. The molecule has 8 nitrogen and oxygen atoms in total. The molecule has 1 aliphatic heterocycles. The number of benzene rings is 1. The van der Waals surface area contributed by atoms with Crippen LogP contribution < -0.4 is 5.32 Å². The summed E-state index contributed by atoms with van der Waals surface area (Å²) in [5.74, 6) is -0.461. The highest BCUT2D eigenvalue weighted by Gasteiger charge is 2.35. The van der Waals surface area contributed by atoms with Crippen molar-refractivity contribution in [2.75, 3.05) is 19.6 Å². The van der Waals surface area contributed by atoms with E-state index in [1.807, 2.05) is 12.1 Å². The molecule has 1 amide bonds. The number of amides is 1. The topological polar surface area (TPSA) is 104 Å². The van der Waals surface area contributed by atoms with Gasteiger partial charge in [0, 0.05) is 24.7 Å². The van der Waals surface area contributed by atoms with Gasteiger partial charge in [0.2, 0.25) is 5.69 Å². The Kier molecular flexibility index (Phi) is 4.50. The number of aryl methyl sites for hydroxylation is 1. The van der Waals surface area contributed by atoms with E-state index in [0.29, 0.717) is 24.7 Å². The minimum Gasteiger partial charge on any atom is -0.327 e. The molecule has 2 aromatic rings. The van der Waals surface area contributed by atoms with Crippen LogP contribution in [0, 0.1) is 17.0 Å². The highest BCUT2D eigenvalue weighted by Crippen LogP contribution is 2.29. The molecule has 1 aliphatic rings. The molecule has 1 aromatic heterocycles. The summed E-state index contributed by atoms with van der Waals surface area (Å²) in [4.78, 5) is 25.1. The second-order valence-electron chi connectivity index (χ2n) is 5.58. The second kappa shape index (κ2) is 6.58. The molecule has 1 aromatic carbocycles. The molecular formula is C15H16ClN5O3. The van der Waals surface area contributed by atoms with Crippen LogP contribution in [-0.4, -0.2) is 45.6 Å². The summed E-state index contributed by atoms with van der Waals surface area (Å²) < 4.78 is 0. The lowest BCUT2D eigenvalue weighted by molar-refractivity contribution is -0.385. The maximum absolute atomic E-state index is 12.9. The van der Waals surface area contributed by atoms with E-state index in [2.05, 4.69) is 15.5 Å². The quantitative estimate of drug-likeness (QED) is 0.652. The fourth-order valence-corrected chi connectivity index (χ4v) is 3.09. The average Bonchev–Trinajstić information content (AvgIpc) is 2.96. The van der Waals surface area contributed by atoms with E-state index in [1.165, 1.54) is 6.92 Å². The number of halogens is 1. The van der Waals surface area contributed by atoms with Gasteiger partial charge in [0.15, 0.2) is 0 Å². The Bertz CT molecular complexity index is 791. The molecule has 0 saturated carbocycles. The van der Waals surface area contributed by atoms with E-state index in [9.17, 15) is 14.9 Å². The molecule has 2 N–H and O–H groups in total. The smallest absolute Gasteiger partial charge is 0.322 e. The molecule has 9 heteroatoms. The molecule has 24 heavy (non-hydrogen) atoms. The van der Waals surface area contributed by atoms with E-state index >= 15 is 0 Å². The SMILES string of the molecule is Cc1[nH]nc(C(=O)N2CCNCC2c2cccc(Cl)c2)c1[N+](=O)[O-]. The lowest BCUT2D eigenvalue weighted by atomic mass is 10.0. The molecule has 1 saturated heterocycles. The third-order valence-electron chi connectivity index (χ3n) is 4.04. The van der Waals surface area contributed by atoms with Gasteiger partial charge < -0.3 is 10.2 Å². The Morgan fingerprint density at radius 2 is 2.29 bits per heavy atom. The molecule has 2 heterocycles. The maximum Gasteiger partial charge on any atom is 0.322 e. The van der Waals surface area contributed by atoms with Gasteiger partial charge in [0.25, 0.3) is 5.91 Å². The molecular weight excluding hydrogens is 334 g/mol. The molecule has 0 spiro atoms. The fraction of sp³-hybridized carbons (Fsp3) is 0.333. The van der Waals surface area contributed by atoms with Gasteiger partial charge in [-0.3, -0.25) is 20.0 Å². The van der Waals surface area contributed by atoms with Gasteiger partial charge >= 0.3 is 5.69 Å². The number of hydrogen-bond donors (Lipinski definition) is 2. The van der Waals surface area contributed by atoms with Crippen LogP contribution in [0.3, 0.4) is 0 Å². The average molecular weight is 350 g/mol. The molecule has 0 radical (unpaired) electrons. The molecule has 1 atom stereocenters. The van der Waals surface area contributed by atoms with Gasteiger partial charge in [-0.25, -0.2) is 0 Å². The summed E-state index contributed by atoms with van der Waals surface area (Å²) in [6, 6.07) is 6.99. The zero-order chi connectivity index (χ0) is 17.3. The molecule has 3 rings (SSSR count). The van der Waals surface area contributed by atoms with Crippen LogP contribution in [0.2, 0.25) is 5.02 Å². The number of carbonyl (C=O) groups excluding carboxylic acids is 1. The van der Waals surface area contributed by atoms with Crippen LogP contribution >= 0.6 is 11.6 Å². The predicted octanol–water partition coefficient (Wildman–Crippen LogP) is 2.07. The van der Waals surface area contributed by atoms with Crippen LogP contribution in [0.25, 0.3) is 0 Å². The summed E-state index contributed by atoms with van der Waals surface area (Å²) in [5, 5.41) is 21.4. The first kappa shape index (κ1) is 16.4. The third-order valence-corrected chi connectivity index (χ3v) is 4.27. The first-order chi connectivity index (χ1) is 11.5. The minimum absolute atomic E-state index is 0.161. The summed E-state index contributed by atoms with van der Waals surface area (Å²) >= 11 is 6.05. The van der Waals surface area contributed by atoms with Gasteiger partial charge in [-0.1, -0.05) is 23.7 Å². The summed E-state index contributed by atoms with van der Waals surface area (Å²) in [7, 11) is 0. The lowest BCUT2D eigenvalue weighted by Gasteiger charge is -2.36. The number of nitrogens with one attached hydrogen (secondary N) is 2. The monoisotopic (exact) mass is 349 g/mol. The van der Waals surface area contributed by atoms with Gasteiger partial charge in [-0.2, -0.15) is 5.10 Å². The molecule has 1 fully saturated rings. The fourth-order valence-electron chi connectivity index (χ4n) is 2.89. The Balaban J connectivity index is 1.96.